The third-order valence-electron chi connectivity index (χ3n) is 1.75. The van der Waals surface area contributed by atoms with E-state index in [4.69, 9.17) is 0 Å². The van der Waals surface area contributed by atoms with Crippen LogP contribution in [0.25, 0.3) is 0 Å². The number of hydrogen-bond donors (Lipinski definition) is 2. The molecule has 0 aliphatic heterocycles. The Kier molecular flexibility index (Phi) is 1.71. The fourth-order valence-corrected chi connectivity index (χ4v) is 0.642. The van der Waals surface area contributed by atoms with Gasteiger partial charge in [-0.05, 0) is 12.8 Å². The Bertz CT molecular complexity index is 177. The zero-order chi connectivity index (χ0) is 8.70. The van der Waals surface area contributed by atoms with Crippen LogP contribution in [0.5, 0.6) is 0 Å². The smallest absolute Gasteiger partial charge is 0.227 e. The zero-order valence-corrected chi connectivity index (χ0v) is 7.27. The number of nitrogens with one attached hydrogen (secondary N) is 1. The van der Waals surface area contributed by atoms with Crippen molar-refractivity contribution < 1.29 is 9.90 Å². The van der Waals surface area contributed by atoms with Crippen LogP contribution in [0, 0.1) is 5.41 Å². The fourth-order valence-electron chi connectivity index (χ4n) is 0.642. The lowest BCUT2D eigenvalue weighted by atomic mass is 9.95. The Labute approximate surface area is 66.8 Å². The van der Waals surface area contributed by atoms with Crippen molar-refractivity contribution in [2.24, 2.45) is 5.41 Å². The van der Waals surface area contributed by atoms with Crippen LogP contribution in [-0.2, 0) is 4.79 Å². The highest BCUT2D eigenvalue weighted by Crippen LogP contribution is 2.32. The number of carbonyl (C=O) groups is 1. The average Bonchev–Trinajstić information content (AvgIpc) is 2.45. The molecule has 0 aromatic rings. The molecular weight excluding hydrogens is 142 g/mol. The van der Waals surface area contributed by atoms with Gasteiger partial charge in [-0.25, -0.2) is 0 Å². The molecule has 0 saturated heterocycles. The van der Waals surface area contributed by atoms with E-state index in [9.17, 15) is 9.90 Å². The summed E-state index contributed by atoms with van der Waals surface area (Å²) in [7, 11) is 0. The highest BCUT2D eigenvalue weighted by molar-refractivity contribution is 5.82. The van der Waals surface area contributed by atoms with E-state index in [0.29, 0.717) is 12.8 Å². The van der Waals surface area contributed by atoms with Gasteiger partial charge in [0, 0.05) is 5.41 Å². The van der Waals surface area contributed by atoms with Gasteiger partial charge in [-0.1, -0.05) is 20.8 Å². The predicted molar refractivity (Wildman–Crippen MR) is 41.8 cm³/mol. The standard InChI is InChI=1S/C8H15NO2/c1-7(2,3)6(10)9-8(11)4-5-8/h11H,4-5H2,1-3H3,(H,9,10). The Morgan fingerprint density at radius 1 is 1.45 bits per heavy atom. The molecule has 2 N–H and O–H groups in total. The Morgan fingerprint density at radius 2 is 1.91 bits per heavy atom. The molecule has 0 bridgehead atoms. The first-order chi connectivity index (χ1) is 4.83. The molecule has 1 saturated carbocycles. The van der Waals surface area contributed by atoms with E-state index >= 15 is 0 Å². The molecule has 0 spiro atoms. The van der Waals surface area contributed by atoms with E-state index < -0.39 is 11.1 Å². The highest BCUT2D eigenvalue weighted by atomic mass is 16.3. The van der Waals surface area contributed by atoms with Crippen LogP contribution in [0.4, 0.5) is 0 Å². The normalized spacial score (nSPS) is 21.1. The van der Waals surface area contributed by atoms with Gasteiger partial charge in [-0.15, -0.1) is 0 Å². The summed E-state index contributed by atoms with van der Waals surface area (Å²) >= 11 is 0. The van der Waals surface area contributed by atoms with Crippen molar-refractivity contribution in [2.45, 2.75) is 39.3 Å². The number of carbonyl (C=O) groups excluding carboxylic acids is 1. The predicted octanol–water partition coefficient (Wildman–Crippen LogP) is 0.631. The van der Waals surface area contributed by atoms with Crippen molar-refractivity contribution >= 4 is 5.91 Å². The summed E-state index contributed by atoms with van der Waals surface area (Å²) in [6, 6.07) is 0. The molecule has 1 aliphatic rings. The number of aliphatic hydroxyl groups is 1. The van der Waals surface area contributed by atoms with Gasteiger partial charge in [0.2, 0.25) is 5.91 Å². The van der Waals surface area contributed by atoms with E-state index in [1.54, 1.807) is 0 Å². The first kappa shape index (κ1) is 8.53. The van der Waals surface area contributed by atoms with Crippen LogP contribution in [0.3, 0.4) is 0 Å². The van der Waals surface area contributed by atoms with E-state index in [1.165, 1.54) is 0 Å². The average molecular weight is 157 g/mol. The molecule has 1 rings (SSSR count). The van der Waals surface area contributed by atoms with E-state index in [0.717, 1.165) is 0 Å². The molecule has 0 radical (unpaired) electrons. The number of amides is 1. The molecule has 1 amide bonds. The maximum absolute atomic E-state index is 11.2. The minimum absolute atomic E-state index is 0.0856. The number of rotatable bonds is 1. The van der Waals surface area contributed by atoms with Crippen molar-refractivity contribution in [1.82, 2.24) is 5.32 Å². The Hall–Kier alpha value is -0.570. The molecular formula is C8H15NO2. The quantitative estimate of drug-likeness (QED) is 0.548. The van der Waals surface area contributed by atoms with E-state index in [-0.39, 0.29) is 5.91 Å². The molecule has 3 nitrogen and oxygen atoms in total. The monoisotopic (exact) mass is 157 g/mol. The van der Waals surface area contributed by atoms with Crippen molar-refractivity contribution in [3.63, 3.8) is 0 Å². The minimum atomic E-state index is -0.871. The fraction of sp³-hybridized carbons (Fsp3) is 0.875. The van der Waals surface area contributed by atoms with Crippen LogP contribution in [0.2, 0.25) is 0 Å². The molecule has 11 heavy (non-hydrogen) atoms. The van der Waals surface area contributed by atoms with Crippen molar-refractivity contribution in [2.75, 3.05) is 0 Å². The van der Waals surface area contributed by atoms with Gasteiger partial charge in [0.1, 0.15) is 5.72 Å². The van der Waals surface area contributed by atoms with Gasteiger partial charge in [-0.3, -0.25) is 4.79 Å². The van der Waals surface area contributed by atoms with E-state index in [1.807, 2.05) is 20.8 Å². The SMILES string of the molecule is CC(C)(C)C(=O)NC1(O)CC1. The second-order valence-electron chi connectivity index (χ2n) is 4.24. The second-order valence-corrected chi connectivity index (χ2v) is 4.24. The van der Waals surface area contributed by atoms with Crippen LogP contribution < -0.4 is 5.32 Å². The summed E-state index contributed by atoms with van der Waals surface area (Å²) in [5, 5.41) is 11.9. The highest BCUT2D eigenvalue weighted by Gasteiger charge is 2.43. The Morgan fingerprint density at radius 3 is 2.18 bits per heavy atom. The van der Waals surface area contributed by atoms with Gasteiger partial charge in [0.05, 0.1) is 0 Å². The molecule has 1 aliphatic carbocycles. The van der Waals surface area contributed by atoms with Gasteiger partial charge in [-0.2, -0.15) is 0 Å². The zero-order valence-electron chi connectivity index (χ0n) is 7.27. The van der Waals surface area contributed by atoms with Crippen molar-refractivity contribution in [3.05, 3.63) is 0 Å². The molecule has 0 aromatic heterocycles. The molecule has 3 heteroatoms. The van der Waals surface area contributed by atoms with Crippen LogP contribution in [-0.4, -0.2) is 16.7 Å². The summed E-state index contributed by atoms with van der Waals surface area (Å²) in [5.74, 6) is -0.0856. The van der Waals surface area contributed by atoms with Gasteiger partial charge < -0.3 is 10.4 Å². The lowest BCUT2D eigenvalue weighted by molar-refractivity contribution is -0.132. The topological polar surface area (TPSA) is 49.3 Å². The van der Waals surface area contributed by atoms with Crippen LogP contribution >= 0.6 is 0 Å². The third-order valence-corrected chi connectivity index (χ3v) is 1.75. The maximum Gasteiger partial charge on any atom is 0.227 e. The van der Waals surface area contributed by atoms with Gasteiger partial charge in [0.15, 0.2) is 0 Å². The van der Waals surface area contributed by atoms with Crippen LogP contribution in [0.1, 0.15) is 33.6 Å². The lowest BCUT2D eigenvalue weighted by Gasteiger charge is -2.20. The largest absolute Gasteiger partial charge is 0.371 e. The summed E-state index contributed by atoms with van der Waals surface area (Å²) in [6.45, 7) is 5.48. The third kappa shape index (κ3) is 2.19. The molecule has 0 atom stereocenters. The molecule has 64 valence electrons. The molecule has 0 aromatic carbocycles. The lowest BCUT2D eigenvalue weighted by Crippen LogP contribution is -2.43. The summed E-state index contributed by atoms with van der Waals surface area (Å²) in [4.78, 5) is 11.2. The van der Waals surface area contributed by atoms with Crippen molar-refractivity contribution in [1.29, 1.82) is 0 Å². The first-order valence-electron chi connectivity index (χ1n) is 3.88. The Balaban J connectivity index is 2.44. The molecule has 1 fully saturated rings. The van der Waals surface area contributed by atoms with Crippen LogP contribution in [0.15, 0.2) is 0 Å². The summed E-state index contributed by atoms with van der Waals surface area (Å²) < 4.78 is 0. The van der Waals surface area contributed by atoms with Gasteiger partial charge >= 0.3 is 0 Å². The van der Waals surface area contributed by atoms with E-state index in [2.05, 4.69) is 5.32 Å². The number of hydrogen-bond acceptors (Lipinski definition) is 2. The van der Waals surface area contributed by atoms with Crippen molar-refractivity contribution in [3.8, 4) is 0 Å². The minimum Gasteiger partial charge on any atom is -0.371 e. The summed E-state index contributed by atoms with van der Waals surface area (Å²) in [6.07, 6.45) is 1.38. The maximum atomic E-state index is 11.2. The second kappa shape index (κ2) is 2.21. The molecule has 0 heterocycles. The van der Waals surface area contributed by atoms with Gasteiger partial charge in [0.25, 0.3) is 0 Å². The summed E-state index contributed by atoms with van der Waals surface area (Å²) in [5.41, 5.74) is -1.28. The molecule has 0 unspecified atom stereocenters. The first-order valence-corrected chi connectivity index (χ1v) is 3.88.